The fourth-order valence-electron chi connectivity index (χ4n) is 2.75. The highest BCUT2D eigenvalue weighted by molar-refractivity contribution is 6.05. The molecule has 0 saturated carbocycles. The maximum absolute atomic E-state index is 12.6. The van der Waals surface area contributed by atoms with Gasteiger partial charge in [-0.3, -0.25) is 9.89 Å². The number of pyridine rings is 1. The van der Waals surface area contributed by atoms with Gasteiger partial charge in [-0.2, -0.15) is 10.2 Å². The van der Waals surface area contributed by atoms with Crippen LogP contribution in [-0.2, 0) is 0 Å². The summed E-state index contributed by atoms with van der Waals surface area (Å²) < 4.78 is 1.75. The van der Waals surface area contributed by atoms with Crippen LogP contribution in [-0.4, -0.2) is 30.9 Å². The highest BCUT2D eigenvalue weighted by Gasteiger charge is 2.16. The van der Waals surface area contributed by atoms with E-state index in [9.17, 15) is 4.79 Å². The summed E-state index contributed by atoms with van der Waals surface area (Å²) >= 11 is 0. The molecule has 7 nitrogen and oxygen atoms in total. The SMILES string of the molecule is Cc1[nH]nc2ncc(NC(=O)c3cnn(-c4ccccc4)c3C)cc12. The van der Waals surface area contributed by atoms with Crippen molar-refractivity contribution in [3.8, 4) is 5.69 Å². The standard InChI is InChI=1S/C18H16N6O/c1-11-15-8-13(9-19-17(15)23-22-11)21-18(25)16-10-20-24(12(16)2)14-6-4-3-5-7-14/h3-10H,1-2H3,(H,21,25)(H,19,22,23). The van der Waals surface area contributed by atoms with Gasteiger partial charge in [-0.25, -0.2) is 9.67 Å². The third kappa shape index (κ3) is 2.65. The predicted octanol–water partition coefficient (Wildman–Crippen LogP) is 3.01. The number of amides is 1. The zero-order valence-electron chi connectivity index (χ0n) is 13.8. The summed E-state index contributed by atoms with van der Waals surface area (Å²) in [5.41, 5.74) is 4.37. The minimum Gasteiger partial charge on any atom is -0.320 e. The molecule has 1 amide bonds. The van der Waals surface area contributed by atoms with E-state index < -0.39 is 0 Å². The number of nitrogens with zero attached hydrogens (tertiary/aromatic N) is 4. The lowest BCUT2D eigenvalue weighted by atomic mass is 10.2. The van der Waals surface area contributed by atoms with Gasteiger partial charge in [0.1, 0.15) is 0 Å². The topological polar surface area (TPSA) is 88.5 Å². The number of aryl methyl sites for hydroxylation is 1. The summed E-state index contributed by atoms with van der Waals surface area (Å²) in [6.07, 6.45) is 3.17. The fraction of sp³-hybridized carbons (Fsp3) is 0.111. The van der Waals surface area contributed by atoms with Crippen LogP contribution >= 0.6 is 0 Å². The van der Waals surface area contributed by atoms with Gasteiger partial charge in [-0.15, -0.1) is 0 Å². The molecule has 4 aromatic rings. The third-order valence-electron chi connectivity index (χ3n) is 4.11. The predicted molar refractivity (Wildman–Crippen MR) is 94.9 cm³/mol. The molecule has 0 aliphatic heterocycles. The summed E-state index contributed by atoms with van der Waals surface area (Å²) in [5.74, 6) is -0.220. The summed E-state index contributed by atoms with van der Waals surface area (Å²) in [5, 5.41) is 15.1. The van der Waals surface area contributed by atoms with Gasteiger partial charge < -0.3 is 5.32 Å². The molecule has 2 N–H and O–H groups in total. The van der Waals surface area contributed by atoms with E-state index in [1.54, 1.807) is 17.1 Å². The Morgan fingerprint density at radius 1 is 1.16 bits per heavy atom. The molecule has 0 radical (unpaired) electrons. The first-order valence-corrected chi connectivity index (χ1v) is 7.85. The van der Waals surface area contributed by atoms with Gasteiger partial charge in [0.05, 0.1) is 35.0 Å². The molecule has 0 aliphatic carbocycles. The number of carbonyl (C=O) groups excluding carboxylic acids is 1. The normalized spacial score (nSPS) is 11.0. The number of benzene rings is 1. The smallest absolute Gasteiger partial charge is 0.259 e. The van der Waals surface area contributed by atoms with Gasteiger partial charge in [-0.05, 0) is 32.0 Å². The molecule has 0 aliphatic rings. The Morgan fingerprint density at radius 3 is 2.76 bits per heavy atom. The third-order valence-corrected chi connectivity index (χ3v) is 4.11. The minimum atomic E-state index is -0.220. The molecule has 4 rings (SSSR count). The van der Waals surface area contributed by atoms with E-state index in [2.05, 4.69) is 25.6 Å². The number of fused-ring (bicyclic) bond motifs is 1. The fourth-order valence-corrected chi connectivity index (χ4v) is 2.75. The number of hydrogen-bond acceptors (Lipinski definition) is 4. The lowest BCUT2D eigenvalue weighted by Crippen LogP contribution is -2.13. The van der Waals surface area contributed by atoms with Crippen LogP contribution in [0.15, 0.2) is 48.8 Å². The van der Waals surface area contributed by atoms with E-state index in [0.29, 0.717) is 16.9 Å². The molecule has 0 fully saturated rings. The molecule has 0 bridgehead atoms. The second kappa shape index (κ2) is 5.86. The highest BCUT2D eigenvalue weighted by atomic mass is 16.1. The lowest BCUT2D eigenvalue weighted by Gasteiger charge is -2.06. The number of nitrogens with one attached hydrogen (secondary N) is 2. The average Bonchev–Trinajstić information content (AvgIpc) is 3.19. The van der Waals surface area contributed by atoms with Crippen LogP contribution < -0.4 is 5.32 Å². The molecular weight excluding hydrogens is 316 g/mol. The molecule has 0 spiro atoms. The Hall–Kier alpha value is -3.48. The number of para-hydroxylation sites is 1. The van der Waals surface area contributed by atoms with E-state index in [1.165, 1.54) is 0 Å². The summed E-state index contributed by atoms with van der Waals surface area (Å²) in [6.45, 7) is 3.78. The second-order valence-corrected chi connectivity index (χ2v) is 5.79. The molecule has 0 saturated heterocycles. The Bertz CT molecular complexity index is 1060. The van der Waals surface area contributed by atoms with Crippen molar-refractivity contribution in [3.05, 3.63) is 65.7 Å². The number of H-pyrrole nitrogens is 1. The maximum atomic E-state index is 12.6. The van der Waals surface area contributed by atoms with Crippen LogP contribution in [0.3, 0.4) is 0 Å². The van der Waals surface area contributed by atoms with Gasteiger partial charge in [0.15, 0.2) is 5.65 Å². The molecule has 124 valence electrons. The van der Waals surface area contributed by atoms with Gasteiger partial charge in [-0.1, -0.05) is 18.2 Å². The van der Waals surface area contributed by atoms with Crippen molar-refractivity contribution < 1.29 is 4.79 Å². The average molecular weight is 332 g/mol. The number of aromatic nitrogens is 5. The van der Waals surface area contributed by atoms with E-state index in [1.807, 2.05) is 50.2 Å². The van der Waals surface area contributed by atoms with Crippen molar-refractivity contribution >= 4 is 22.6 Å². The van der Waals surface area contributed by atoms with Crippen LogP contribution in [0, 0.1) is 13.8 Å². The summed E-state index contributed by atoms with van der Waals surface area (Å²) in [4.78, 5) is 16.9. The van der Waals surface area contributed by atoms with Gasteiger partial charge in [0, 0.05) is 11.1 Å². The molecule has 0 atom stereocenters. The van der Waals surface area contributed by atoms with Crippen LogP contribution in [0.1, 0.15) is 21.7 Å². The Morgan fingerprint density at radius 2 is 1.96 bits per heavy atom. The van der Waals surface area contributed by atoms with Crippen LogP contribution in [0.5, 0.6) is 0 Å². The first-order valence-electron chi connectivity index (χ1n) is 7.85. The van der Waals surface area contributed by atoms with Crippen LogP contribution in [0.25, 0.3) is 16.7 Å². The zero-order valence-corrected chi connectivity index (χ0v) is 13.8. The molecule has 1 aromatic carbocycles. The van der Waals surface area contributed by atoms with Gasteiger partial charge in [0.25, 0.3) is 5.91 Å². The molecule has 0 unspecified atom stereocenters. The van der Waals surface area contributed by atoms with Crippen molar-refractivity contribution in [2.45, 2.75) is 13.8 Å². The van der Waals surface area contributed by atoms with E-state index >= 15 is 0 Å². The quantitative estimate of drug-likeness (QED) is 0.603. The molecule has 7 heteroatoms. The Kier molecular flexibility index (Phi) is 3.53. The van der Waals surface area contributed by atoms with E-state index in [-0.39, 0.29) is 5.91 Å². The second-order valence-electron chi connectivity index (χ2n) is 5.79. The van der Waals surface area contributed by atoms with Gasteiger partial charge >= 0.3 is 0 Å². The monoisotopic (exact) mass is 332 g/mol. The summed E-state index contributed by atoms with van der Waals surface area (Å²) in [6, 6.07) is 11.6. The number of anilines is 1. The van der Waals surface area contributed by atoms with Crippen molar-refractivity contribution in [2.24, 2.45) is 0 Å². The highest BCUT2D eigenvalue weighted by Crippen LogP contribution is 2.19. The Balaban J connectivity index is 1.62. The number of rotatable bonds is 3. The number of carbonyl (C=O) groups is 1. The zero-order chi connectivity index (χ0) is 17.4. The first kappa shape index (κ1) is 15.1. The largest absolute Gasteiger partial charge is 0.320 e. The first-order chi connectivity index (χ1) is 12.1. The summed E-state index contributed by atoms with van der Waals surface area (Å²) in [7, 11) is 0. The molecule has 25 heavy (non-hydrogen) atoms. The molecule has 3 aromatic heterocycles. The number of hydrogen-bond donors (Lipinski definition) is 2. The lowest BCUT2D eigenvalue weighted by molar-refractivity contribution is 0.102. The van der Waals surface area contributed by atoms with Gasteiger partial charge in [0.2, 0.25) is 0 Å². The number of aromatic amines is 1. The van der Waals surface area contributed by atoms with Crippen LogP contribution in [0.2, 0.25) is 0 Å². The maximum Gasteiger partial charge on any atom is 0.259 e. The van der Waals surface area contributed by atoms with Crippen molar-refractivity contribution in [3.63, 3.8) is 0 Å². The molecule has 3 heterocycles. The minimum absolute atomic E-state index is 0.220. The van der Waals surface area contributed by atoms with E-state index in [0.717, 1.165) is 22.5 Å². The van der Waals surface area contributed by atoms with E-state index in [4.69, 9.17) is 0 Å². The van der Waals surface area contributed by atoms with Crippen molar-refractivity contribution in [1.82, 2.24) is 25.0 Å². The Labute approximate surface area is 143 Å². The van der Waals surface area contributed by atoms with Crippen molar-refractivity contribution in [1.29, 1.82) is 0 Å². The molecular formula is C18H16N6O. The van der Waals surface area contributed by atoms with Crippen molar-refractivity contribution in [2.75, 3.05) is 5.32 Å². The van der Waals surface area contributed by atoms with Crippen LogP contribution in [0.4, 0.5) is 5.69 Å².